The molecule has 1 aromatic carbocycles. The average molecular weight is 423 g/mol. The number of aliphatic hydroxyl groups excluding tert-OH is 1. The lowest BCUT2D eigenvalue weighted by atomic mass is 10.0. The van der Waals surface area contributed by atoms with Crippen LogP contribution in [0, 0.1) is 5.82 Å². The molecule has 0 unspecified atom stereocenters. The van der Waals surface area contributed by atoms with Gasteiger partial charge in [-0.15, -0.1) is 5.10 Å². The van der Waals surface area contributed by atoms with Crippen molar-refractivity contribution in [2.24, 2.45) is 0 Å². The minimum Gasteiger partial charge on any atom is -0.508 e. The lowest BCUT2D eigenvalue weighted by molar-refractivity contribution is 0.282. The van der Waals surface area contributed by atoms with Gasteiger partial charge in [-0.25, -0.2) is 18.3 Å². The molecule has 0 spiro atoms. The van der Waals surface area contributed by atoms with Crippen LogP contribution in [0.5, 0.6) is 5.75 Å². The van der Waals surface area contributed by atoms with Crippen LogP contribution in [0.25, 0.3) is 17.0 Å². The molecule has 0 amide bonds. The summed E-state index contributed by atoms with van der Waals surface area (Å²) in [6, 6.07) is 10.1. The Hall–Kier alpha value is -3.59. The minimum atomic E-state index is -1.14. The molecule has 2 atom stereocenters. The van der Waals surface area contributed by atoms with E-state index in [4.69, 9.17) is 0 Å². The molecule has 1 fully saturated rings. The number of anilines is 1. The molecule has 2 N–H and O–H groups in total. The molecule has 3 aromatic heterocycles. The van der Waals surface area contributed by atoms with Crippen molar-refractivity contribution in [1.82, 2.24) is 19.6 Å². The van der Waals surface area contributed by atoms with Crippen LogP contribution in [-0.2, 0) is 6.61 Å². The van der Waals surface area contributed by atoms with E-state index in [2.05, 4.69) is 15.1 Å². The van der Waals surface area contributed by atoms with Gasteiger partial charge >= 0.3 is 0 Å². The largest absolute Gasteiger partial charge is 0.508 e. The Morgan fingerprint density at radius 3 is 2.81 bits per heavy atom. The SMILES string of the molecule is OCc1ccnc(-c2cnc3ccc(N4C[C@@H](F)C[C@@H]4c4cc(F)ccc4O)nn23)c1. The van der Waals surface area contributed by atoms with E-state index in [1.54, 1.807) is 46.1 Å². The van der Waals surface area contributed by atoms with Gasteiger partial charge in [-0.05, 0) is 48.0 Å². The molecule has 7 nitrogen and oxygen atoms in total. The standard InChI is InChI=1S/C22H19F2N5O2/c23-14-1-2-20(31)16(8-14)18-9-15(24)11-28(18)22-4-3-21-26-10-19(29(21)27-22)17-7-13(12-30)5-6-25-17/h1-8,10,15,18,30-31H,9,11-12H2/t15-,18+/m0/s1. The fraction of sp³-hybridized carbons (Fsp3) is 0.227. The van der Waals surface area contributed by atoms with E-state index in [1.807, 2.05) is 0 Å². The molecule has 31 heavy (non-hydrogen) atoms. The third kappa shape index (κ3) is 3.46. The van der Waals surface area contributed by atoms with Gasteiger partial charge in [-0.3, -0.25) is 4.98 Å². The number of alkyl halides is 1. The number of hydrogen-bond acceptors (Lipinski definition) is 6. The smallest absolute Gasteiger partial charge is 0.154 e. The lowest BCUT2D eigenvalue weighted by Crippen LogP contribution is -2.25. The first kappa shape index (κ1) is 19.4. The Morgan fingerprint density at radius 1 is 1.10 bits per heavy atom. The number of pyridine rings is 1. The number of hydrogen-bond donors (Lipinski definition) is 2. The number of aromatic nitrogens is 4. The van der Waals surface area contributed by atoms with Gasteiger partial charge in [0.2, 0.25) is 0 Å². The van der Waals surface area contributed by atoms with Crippen LogP contribution in [0.3, 0.4) is 0 Å². The van der Waals surface area contributed by atoms with Crippen molar-refractivity contribution in [2.45, 2.75) is 25.2 Å². The van der Waals surface area contributed by atoms with Gasteiger partial charge in [0.15, 0.2) is 5.65 Å². The number of aliphatic hydroxyl groups is 1. The summed E-state index contributed by atoms with van der Waals surface area (Å²) in [6.45, 7) is -0.0448. The number of imidazole rings is 1. The highest BCUT2D eigenvalue weighted by Gasteiger charge is 2.36. The summed E-state index contributed by atoms with van der Waals surface area (Å²) in [6.07, 6.45) is 2.21. The number of fused-ring (bicyclic) bond motifs is 1. The fourth-order valence-electron chi connectivity index (χ4n) is 4.03. The summed E-state index contributed by atoms with van der Waals surface area (Å²) >= 11 is 0. The van der Waals surface area contributed by atoms with Crippen molar-refractivity contribution in [3.05, 3.63) is 71.8 Å². The van der Waals surface area contributed by atoms with Gasteiger partial charge in [-0.2, -0.15) is 0 Å². The summed E-state index contributed by atoms with van der Waals surface area (Å²) in [5.41, 5.74) is 2.82. The van der Waals surface area contributed by atoms with E-state index in [-0.39, 0.29) is 25.3 Å². The fourth-order valence-corrected chi connectivity index (χ4v) is 4.03. The first-order valence-corrected chi connectivity index (χ1v) is 9.83. The first-order chi connectivity index (χ1) is 15.0. The maximum atomic E-state index is 14.4. The van der Waals surface area contributed by atoms with Crippen LogP contribution >= 0.6 is 0 Å². The lowest BCUT2D eigenvalue weighted by Gasteiger charge is -2.26. The van der Waals surface area contributed by atoms with Crippen LogP contribution in [0.4, 0.5) is 14.6 Å². The number of phenolic OH excluding ortho intramolecular Hbond substituents is 1. The number of benzene rings is 1. The highest BCUT2D eigenvalue weighted by molar-refractivity contribution is 5.61. The molecule has 1 aliphatic rings. The van der Waals surface area contributed by atoms with Crippen molar-refractivity contribution >= 4 is 11.5 Å². The van der Waals surface area contributed by atoms with E-state index in [9.17, 15) is 19.0 Å². The minimum absolute atomic E-state index is 0.0708. The second-order valence-corrected chi connectivity index (χ2v) is 7.52. The summed E-state index contributed by atoms with van der Waals surface area (Å²) in [5.74, 6) is -0.107. The molecular formula is C22H19F2N5O2. The first-order valence-electron chi connectivity index (χ1n) is 9.83. The van der Waals surface area contributed by atoms with E-state index < -0.39 is 18.0 Å². The van der Waals surface area contributed by atoms with Gasteiger partial charge in [0.25, 0.3) is 0 Å². The summed E-state index contributed by atoms with van der Waals surface area (Å²) in [4.78, 5) is 10.4. The third-order valence-electron chi connectivity index (χ3n) is 5.51. The van der Waals surface area contributed by atoms with Crippen LogP contribution < -0.4 is 4.90 Å². The summed E-state index contributed by atoms with van der Waals surface area (Å²) in [7, 11) is 0. The topological polar surface area (TPSA) is 86.8 Å². The molecule has 1 saturated heterocycles. The average Bonchev–Trinajstić information content (AvgIpc) is 3.38. The Kier molecular flexibility index (Phi) is 4.74. The zero-order chi connectivity index (χ0) is 21.5. The Balaban J connectivity index is 1.58. The molecule has 4 heterocycles. The molecule has 9 heteroatoms. The van der Waals surface area contributed by atoms with Crippen LogP contribution in [-0.4, -0.2) is 42.5 Å². The van der Waals surface area contributed by atoms with Crippen LogP contribution in [0.2, 0.25) is 0 Å². The van der Waals surface area contributed by atoms with Crippen molar-refractivity contribution in [3.63, 3.8) is 0 Å². The number of phenols is 1. The van der Waals surface area contributed by atoms with Gasteiger partial charge in [0, 0.05) is 18.2 Å². The van der Waals surface area contributed by atoms with Gasteiger partial charge < -0.3 is 15.1 Å². The number of rotatable bonds is 4. The maximum Gasteiger partial charge on any atom is 0.154 e. The molecule has 5 rings (SSSR count). The zero-order valence-corrected chi connectivity index (χ0v) is 16.4. The van der Waals surface area contributed by atoms with Crippen LogP contribution in [0.1, 0.15) is 23.6 Å². The van der Waals surface area contributed by atoms with Crippen LogP contribution in [0.15, 0.2) is 54.9 Å². The van der Waals surface area contributed by atoms with Crippen molar-refractivity contribution in [1.29, 1.82) is 0 Å². The Morgan fingerprint density at radius 2 is 1.97 bits per heavy atom. The predicted molar refractivity (Wildman–Crippen MR) is 110 cm³/mol. The second-order valence-electron chi connectivity index (χ2n) is 7.52. The highest BCUT2D eigenvalue weighted by Crippen LogP contribution is 2.40. The van der Waals surface area contributed by atoms with E-state index in [0.29, 0.717) is 34.0 Å². The monoisotopic (exact) mass is 423 g/mol. The summed E-state index contributed by atoms with van der Waals surface area (Å²) in [5, 5.41) is 24.3. The van der Waals surface area contributed by atoms with Crippen molar-refractivity contribution in [3.8, 4) is 17.1 Å². The number of nitrogens with zero attached hydrogens (tertiary/aromatic N) is 5. The quantitative estimate of drug-likeness (QED) is 0.523. The predicted octanol–water partition coefficient (Wildman–Crippen LogP) is 3.42. The number of aromatic hydroxyl groups is 1. The molecule has 158 valence electrons. The molecule has 0 aliphatic carbocycles. The Bertz CT molecular complexity index is 1260. The molecule has 0 saturated carbocycles. The number of halogens is 2. The maximum absolute atomic E-state index is 14.4. The van der Waals surface area contributed by atoms with Gasteiger partial charge in [-0.1, -0.05) is 0 Å². The second kappa shape index (κ2) is 7.59. The molecule has 1 aliphatic heterocycles. The normalized spacial score (nSPS) is 18.7. The van der Waals surface area contributed by atoms with E-state index in [1.165, 1.54) is 18.2 Å². The zero-order valence-electron chi connectivity index (χ0n) is 16.4. The molecular weight excluding hydrogens is 404 g/mol. The highest BCUT2D eigenvalue weighted by atomic mass is 19.1. The summed E-state index contributed by atoms with van der Waals surface area (Å²) < 4.78 is 29.8. The third-order valence-corrected chi connectivity index (χ3v) is 5.51. The van der Waals surface area contributed by atoms with E-state index in [0.717, 1.165) is 0 Å². The Labute approximate surface area is 176 Å². The molecule has 4 aromatic rings. The molecule has 0 radical (unpaired) electrons. The van der Waals surface area contributed by atoms with Crippen molar-refractivity contribution < 1.29 is 19.0 Å². The van der Waals surface area contributed by atoms with Gasteiger partial charge in [0.1, 0.15) is 29.3 Å². The van der Waals surface area contributed by atoms with E-state index >= 15 is 0 Å². The molecule has 0 bridgehead atoms. The van der Waals surface area contributed by atoms with Gasteiger partial charge in [0.05, 0.1) is 31.1 Å². The van der Waals surface area contributed by atoms with Crippen molar-refractivity contribution in [2.75, 3.05) is 11.4 Å².